The van der Waals surface area contributed by atoms with Crippen LogP contribution in [0.3, 0.4) is 0 Å². The number of nitrogens with zero attached hydrogens (tertiary/aromatic N) is 1. The molecule has 0 saturated heterocycles. The summed E-state index contributed by atoms with van der Waals surface area (Å²) >= 11 is 0. The molecule has 2 heteroatoms. The number of rotatable bonds is 7. The summed E-state index contributed by atoms with van der Waals surface area (Å²) in [6.45, 7) is 6.34. The molecule has 0 unspecified atom stereocenters. The number of hydrogen-bond acceptors (Lipinski definition) is 2. The fraction of sp³-hybridized carbons (Fsp3) is 0.533. The lowest BCUT2D eigenvalue weighted by atomic mass is 10.1. The highest BCUT2D eigenvalue weighted by Gasteiger charge is 1.94. The van der Waals surface area contributed by atoms with Crippen molar-refractivity contribution in [2.75, 3.05) is 6.61 Å². The van der Waals surface area contributed by atoms with E-state index < -0.39 is 0 Å². The average molecular weight is 233 g/mol. The minimum atomic E-state index is -0.0157. The Kier molecular flexibility index (Phi) is 9.09. The quantitative estimate of drug-likeness (QED) is 0.535. The van der Waals surface area contributed by atoms with Crippen LogP contribution in [0, 0.1) is 11.3 Å². The molecule has 2 nitrogen and oxygen atoms in total. The summed E-state index contributed by atoms with van der Waals surface area (Å²) < 4.78 is 0. The van der Waals surface area contributed by atoms with Crippen LogP contribution in [0.25, 0.3) is 0 Å². The van der Waals surface area contributed by atoms with E-state index in [1.807, 2.05) is 6.07 Å². The normalized spacial score (nSPS) is 12.2. The van der Waals surface area contributed by atoms with Gasteiger partial charge in [-0.05, 0) is 52.0 Å². The number of allylic oxidation sites excluding steroid dienone is 5. The van der Waals surface area contributed by atoms with Crippen molar-refractivity contribution in [3.8, 4) is 6.07 Å². The van der Waals surface area contributed by atoms with Crippen LogP contribution >= 0.6 is 0 Å². The number of hydrogen-bond donors (Lipinski definition) is 1. The van der Waals surface area contributed by atoms with Crippen molar-refractivity contribution in [3.05, 3.63) is 34.9 Å². The maximum atomic E-state index is 8.98. The summed E-state index contributed by atoms with van der Waals surface area (Å²) in [5.41, 5.74) is 3.54. The summed E-state index contributed by atoms with van der Waals surface area (Å²) in [5, 5.41) is 17.5. The number of aliphatic hydroxyl groups is 1. The topological polar surface area (TPSA) is 44.0 Å². The Balaban J connectivity index is 3.96. The van der Waals surface area contributed by atoms with E-state index in [1.54, 1.807) is 0 Å². The lowest BCUT2D eigenvalue weighted by molar-refractivity contribution is 0.327. The van der Waals surface area contributed by atoms with Crippen LogP contribution in [0.2, 0.25) is 0 Å². The maximum Gasteiger partial charge on any atom is 0.0912 e. The third-order valence-corrected chi connectivity index (χ3v) is 2.52. The Bertz CT molecular complexity index is 338. The summed E-state index contributed by atoms with van der Waals surface area (Å²) in [6.07, 6.45) is 9.71. The zero-order valence-electron chi connectivity index (χ0n) is 11.2. The van der Waals surface area contributed by atoms with E-state index >= 15 is 0 Å². The van der Waals surface area contributed by atoms with Gasteiger partial charge in [0.2, 0.25) is 0 Å². The van der Waals surface area contributed by atoms with Gasteiger partial charge in [0.05, 0.1) is 12.7 Å². The van der Waals surface area contributed by atoms with Gasteiger partial charge in [-0.25, -0.2) is 0 Å². The molecule has 0 aliphatic rings. The Morgan fingerprint density at radius 2 is 1.76 bits per heavy atom. The first kappa shape index (κ1) is 15.7. The molecular weight excluding hydrogens is 210 g/mol. The van der Waals surface area contributed by atoms with Gasteiger partial charge in [0.1, 0.15) is 0 Å². The molecule has 17 heavy (non-hydrogen) atoms. The van der Waals surface area contributed by atoms with Gasteiger partial charge in [-0.3, -0.25) is 0 Å². The molecule has 1 N–H and O–H groups in total. The Morgan fingerprint density at radius 3 is 2.29 bits per heavy atom. The molecule has 0 amide bonds. The SMILES string of the molecule is CC(C)=CCC/C(C)=C/CC/C(=C/C#N)CO. The van der Waals surface area contributed by atoms with Crippen LogP contribution in [0.4, 0.5) is 0 Å². The molecule has 0 aromatic heterocycles. The molecular formula is C15H23NO. The third-order valence-electron chi connectivity index (χ3n) is 2.52. The number of aliphatic hydroxyl groups excluding tert-OH is 1. The smallest absolute Gasteiger partial charge is 0.0912 e. The minimum absolute atomic E-state index is 0.0157. The van der Waals surface area contributed by atoms with Crippen molar-refractivity contribution in [1.82, 2.24) is 0 Å². The van der Waals surface area contributed by atoms with Gasteiger partial charge in [0, 0.05) is 6.08 Å². The fourth-order valence-electron chi connectivity index (χ4n) is 1.48. The van der Waals surface area contributed by atoms with E-state index in [9.17, 15) is 0 Å². The monoisotopic (exact) mass is 233 g/mol. The molecule has 0 saturated carbocycles. The number of nitriles is 1. The minimum Gasteiger partial charge on any atom is -0.392 e. The lowest BCUT2D eigenvalue weighted by Gasteiger charge is -2.01. The first-order valence-corrected chi connectivity index (χ1v) is 6.07. The van der Waals surface area contributed by atoms with Gasteiger partial charge in [0.25, 0.3) is 0 Å². The first-order valence-electron chi connectivity index (χ1n) is 6.07. The van der Waals surface area contributed by atoms with E-state index in [-0.39, 0.29) is 6.61 Å². The molecule has 0 bridgehead atoms. The van der Waals surface area contributed by atoms with E-state index in [0.717, 1.165) is 31.3 Å². The molecule has 0 aromatic rings. The van der Waals surface area contributed by atoms with E-state index in [0.29, 0.717) is 0 Å². The third kappa shape index (κ3) is 9.59. The van der Waals surface area contributed by atoms with Crippen molar-refractivity contribution in [2.24, 2.45) is 0 Å². The molecule has 0 spiro atoms. The summed E-state index contributed by atoms with van der Waals surface area (Å²) in [5.74, 6) is 0. The van der Waals surface area contributed by atoms with Gasteiger partial charge >= 0.3 is 0 Å². The molecule has 0 rings (SSSR count). The highest BCUT2D eigenvalue weighted by molar-refractivity contribution is 5.14. The Labute approximate surface area is 105 Å². The standard InChI is InChI=1S/C15H23NO/c1-13(2)6-4-7-14(3)8-5-9-15(12-17)10-11-16/h6,8,10,17H,4-5,7,9,12H2,1-3H3/b14-8+,15-10-. The molecule has 0 atom stereocenters. The summed E-state index contributed by atoms with van der Waals surface area (Å²) in [7, 11) is 0. The van der Waals surface area contributed by atoms with Crippen LogP contribution < -0.4 is 0 Å². The summed E-state index contributed by atoms with van der Waals surface area (Å²) in [6, 6.07) is 1.95. The molecule has 94 valence electrons. The van der Waals surface area contributed by atoms with Gasteiger partial charge in [-0.15, -0.1) is 0 Å². The summed E-state index contributed by atoms with van der Waals surface area (Å²) in [4.78, 5) is 0. The first-order chi connectivity index (χ1) is 8.10. The molecule has 0 aliphatic heterocycles. The second-order valence-corrected chi connectivity index (χ2v) is 4.50. The molecule has 0 aliphatic carbocycles. The van der Waals surface area contributed by atoms with Crippen LogP contribution in [-0.4, -0.2) is 11.7 Å². The molecule has 0 fully saturated rings. The zero-order chi connectivity index (χ0) is 13.1. The second kappa shape index (κ2) is 9.86. The van der Waals surface area contributed by atoms with Crippen molar-refractivity contribution in [1.29, 1.82) is 5.26 Å². The zero-order valence-corrected chi connectivity index (χ0v) is 11.2. The maximum absolute atomic E-state index is 8.98. The van der Waals surface area contributed by atoms with E-state index in [4.69, 9.17) is 10.4 Å². The van der Waals surface area contributed by atoms with Gasteiger partial charge < -0.3 is 5.11 Å². The Morgan fingerprint density at radius 1 is 1.12 bits per heavy atom. The van der Waals surface area contributed by atoms with Gasteiger partial charge in [0.15, 0.2) is 0 Å². The van der Waals surface area contributed by atoms with Crippen molar-refractivity contribution in [2.45, 2.75) is 46.5 Å². The highest BCUT2D eigenvalue weighted by atomic mass is 16.3. The second-order valence-electron chi connectivity index (χ2n) is 4.50. The predicted octanol–water partition coefficient (Wildman–Crippen LogP) is 3.90. The fourth-order valence-corrected chi connectivity index (χ4v) is 1.48. The van der Waals surface area contributed by atoms with Crippen molar-refractivity contribution in [3.63, 3.8) is 0 Å². The largest absolute Gasteiger partial charge is 0.392 e. The van der Waals surface area contributed by atoms with Crippen molar-refractivity contribution >= 4 is 0 Å². The van der Waals surface area contributed by atoms with Gasteiger partial charge in [-0.2, -0.15) is 5.26 Å². The van der Waals surface area contributed by atoms with Gasteiger partial charge in [-0.1, -0.05) is 23.3 Å². The Hall–Kier alpha value is -1.33. The molecule has 0 radical (unpaired) electrons. The van der Waals surface area contributed by atoms with Crippen LogP contribution in [0.5, 0.6) is 0 Å². The average Bonchev–Trinajstić information content (AvgIpc) is 2.27. The van der Waals surface area contributed by atoms with Crippen molar-refractivity contribution < 1.29 is 5.11 Å². The van der Waals surface area contributed by atoms with Crippen LogP contribution in [0.1, 0.15) is 46.5 Å². The lowest BCUT2D eigenvalue weighted by Crippen LogP contribution is -1.89. The van der Waals surface area contributed by atoms with Crippen LogP contribution in [0.15, 0.2) is 34.9 Å². The predicted molar refractivity (Wildman–Crippen MR) is 72.4 cm³/mol. The molecule has 0 aromatic carbocycles. The molecule has 0 heterocycles. The van der Waals surface area contributed by atoms with Crippen LogP contribution in [-0.2, 0) is 0 Å². The van der Waals surface area contributed by atoms with E-state index in [2.05, 4.69) is 32.9 Å². The highest BCUT2D eigenvalue weighted by Crippen LogP contribution is 2.11. The van der Waals surface area contributed by atoms with E-state index in [1.165, 1.54) is 17.2 Å².